The Morgan fingerprint density at radius 2 is 2.11 bits per heavy atom. The minimum Gasteiger partial charge on any atom is -0.496 e. The van der Waals surface area contributed by atoms with Gasteiger partial charge in [0.05, 0.1) is 12.7 Å². The van der Waals surface area contributed by atoms with Crippen molar-refractivity contribution in [3.63, 3.8) is 0 Å². The highest BCUT2D eigenvalue weighted by Gasteiger charge is 2.11. The highest BCUT2D eigenvalue weighted by atomic mass is 16.5. The molecule has 18 heavy (non-hydrogen) atoms. The summed E-state index contributed by atoms with van der Waals surface area (Å²) in [6, 6.07) is 5.60. The lowest BCUT2D eigenvalue weighted by atomic mass is 10.1. The van der Waals surface area contributed by atoms with Gasteiger partial charge in [-0.2, -0.15) is 0 Å². The Hall–Kier alpha value is -1.55. The Labute approximate surface area is 109 Å². The van der Waals surface area contributed by atoms with Gasteiger partial charge in [0.25, 0.3) is 5.91 Å². The number of aryl methyl sites for hydroxylation is 1. The number of ether oxygens (including phenoxy) is 1. The highest BCUT2D eigenvalue weighted by molar-refractivity contribution is 5.97. The van der Waals surface area contributed by atoms with Gasteiger partial charge in [0.2, 0.25) is 0 Å². The molecule has 1 aromatic carbocycles. The van der Waals surface area contributed by atoms with Crippen molar-refractivity contribution >= 4 is 5.91 Å². The third-order valence-corrected chi connectivity index (χ3v) is 2.67. The molecule has 0 aliphatic rings. The van der Waals surface area contributed by atoms with Gasteiger partial charge in [-0.15, -0.1) is 0 Å². The molecule has 0 heterocycles. The lowest BCUT2D eigenvalue weighted by molar-refractivity contribution is 0.0950. The molecular formula is C14H22N2O2. The molecule has 0 saturated heterocycles. The van der Waals surface area contributed by atoms with Crippen molar-refractivity contribution in [3.8, 4) is 5.75 Å². The van der Waals surface area contributed by atoms with Crippen LogP contribution in [0.4, 0.5) is 0 Å². The van der Waals surface area contributed by atoms with Crippen LogP contribution in [-0.4, -0.2) is 32.7 Å². The molecule has 0 aliphatic heterocycles. The van der Waals surface area contributed by atoms with Crippen LogP contribution in [0.15, 0.2) is 18.2 Å². The summed E-state index contributed by atoms with van der Waals surface area (Å²) in [6.45, 7) is 6.57. The maximum absolute atomic E-state index is 12.0. The van der Waals surface area contributed by atoms with Crippen LogP contribution in [-0.2, 0) is 0 Å². The van der Waals surface area contributed by atoms with Crippen molar-refractivity contribution in [3.05, 3.63) is 29.3 Å². The number of nitrogens with one attached hydrogen (secondary N) is 2. The zero-order chi connectivity index (χ0) is 13.4. The molecule has 100 valence electrons. The third kappa shape index (κ3) is 4.37. The van der Waals surface area contributed by atoms with Crippen LogP contribution >= 0.6 is 0 Å². The molecule has 0 atom stereocenters. The number of methoxy groups -OCH3 is 1. The van der Waals surface area contributed by atoms with Gasteiger partial charge in [0.15, 0.2) is 0 Å². The Balaban J connectivity index is 2.52. The predicted octanol–water partition coefficient (Wildman–Crippen LogP) is 1.73. The summed E-state index contributed by atoms with van der Waals surface area (Å²) in [5.41, 5.74) is 1.65. The molecule has 2 N–H and O–H groups in total. The lowest BCUT2D eigenvalue weighted by Crippen LogP contribution is -2.27. The van der Waals surface area contributed by atoms with E-state index in [0.29, 0.717) is 17.9 Å². The van der Waals surface area contributed by atoms with E-state index in [2.05, 4.69) is 17.6 Å². The number of carbonyl (C=O) groups is 1. The summed E-state index contributed by atoms with van der Waals surface area (Å²) in [6.07, 6.45) is 0.924. The first kappa shape index (κ1) is 14.5. The summed E-state index contributed by atoms with van der Waals surface area (Å²) in [4.78, 5) is 12.0. The largest absolute Gasteiger partial charge is 0.496 e. The van der Waals surface area contributed by atoms with Gasteiger partial charge in [0.1, 0.15) is 5.75 Å². The number of hydrogen-bond donors (Lipinski definition) is 2. The van der Waals surface area contributed by atoms with E-state index in [1.807, 2.05) is 25.1 Å². The fourth-order valence-electron chi connectivity index (χ4n) is 1.69. The molecule has 0 aliphatic carbocycles. The molecule has 1 rings (SSSR count). The zero-order valence-electron chi connectivity index (χ0n) is 11.4. The number of hydrogen-bond acceptors (Lipinski definition) is 3. The van der Waals surface area contributed by atoms with Gasteiger partial charge < -0.3 is 15.4 Å². The Kier molecular flexibility index (Phi) is 6.22. The van der Waals surface area contributed by atoms with Crippen molar-refractivity contribution < 1.29 is 9.53 Å². The van der Waals surface area contributed by atoms with Gasteiger partial charge in [-0.3, -0.25) is 4.79 Å². The molecule has 0 saturated carbocycles. The van der Waals surface area contributed by atoms with Crippen molar-refractivity contribution in [2.24, 2.45) is 0 Å². The molecule has 1 aromatic rings. The van der Waals surface area contributed by atoms with Gasteiger partial charge in [0, 0.05) is 6.54 Å². The summed E-state index contributed by atoms with van der Waals surface area (Å²) >= 11 is 0. The number of rotatable bonds is 7. The monoisotopic (exact) mass is 250 g/mol. The maximum atomic E-state index is 12.0. The fraction of sp³-hybridized carbons (Fsp3) is 0.500. The number of benzene rings is 1. The van der Waals surface area contributed by atoms with Crippen LogP contribution in [0.3, 0.4) is 0 Å². The normalized spacial score (nSPS) is 10.2. The molecule has 0 spiro atoms. The first-order valence-corrected chi connectivity index (χ1v) is 6.32. The minimum absolute atomic E-state index is 0.0768. The summed E-state index contributed by atoms with van der Waals surface area (Å²) in [7, 11) is 1.58. The van der Waals surface area contributed by atoms with E-state index in [0.717, 1.165) is 25.1 Å². The van der Waals surface area contributed by atoms with E-state index in [1.54, 1.807) is 7.11 Å². The SMILES string of the molecule is CCNCCCNC(=O)c1cc(C)ccc1OC. The summed E-state index contributed by atoms with van der Waals surface area (Å²) in [5, 5.41) is 6.12. The highest BCUT2D eigenvalue weighted by Crippen LogP contribution is 2.19. The van der Waals surface area contributed by atoms with E-state index in [9.17, 15) is 4.79 Å². The second-order valence-electron chi connectivity index (χ2n) is 4.17. The van der Waals surface area contributed by atoms with Crippen molar-refractivity contribution in [2.45, 2.75) is 20.3 Å². The minimum atomic E-state index is -0.0768. The third-order valence-electron chi connectivity index (χ3n) is 2.67. The maximum Gasteiger partial charge on any atom is 0.255 e. The fourth-order valence-corrected chi connectivity index (χ4v) is 1.69. The van der Waals surface area contributed by atoms with Gasteiger partial charge in [-0.05, 0) is 38.6 Å². The Morgan fingerprint density at radius 3 is 2.78 bits per heavy atom. The van der Waals surface area contributed by atoms with E-state index in [4.69, 9.17) is 4.74 Å². The van der Waals surface area contributed by atoms with Crippen molar-refractivity contribution in [1.82, 2.24) is 10.6 Å². The zero-order valence-corrected chi connectivity index (χ0v) is 11.4. The Morgan fingerprint density at radius 1 is 1.33 bits per heavy atom. The molecule has 1 amide bonds. The van der Waals surface area contributed by atoms with E-state index in [1.165, 1.54) is 0 Å². The number of carbonyl (C=O) groups excluding carboxylic acids is 1. The second-order valence-corrected chi connectivity index (χ2v) is 4.17. The molecule has 0 aromatic heterocycles. The van der Waals surface area contributed by atoms with E-state index in [-0.39, 0.29) is 5.91 Å². The quantitative estimate of drug-likeness (QED) is 0.725. The molecule has 4 heteroatoms. The predicted molar refractivity (Wildman–Crippen MR) is 73.2 cm³/mol. The van der Waals surface area contributed by atoms with Gasteiger partial charge >= 0.3 is 0 Å². The standard InChI is InChI=1S/C14H22N2O2/c1-4-15-8-5-9-16-14(17)12-10-11(2)6-7-13(12)18-3/h6-7,10,15H,4-5,8-9H2,1-3H3,(H,16,17). The first-order chi connectivity index (χ1) is 8.69. The first-order valence-electron chi connectivity index (χ1n) is 6.32. The number of amides is 1. The molecule has 0 radical (unpaired) electrons. The van der Waals surface area contributed by atoms with Gasteiger partial charge in [-0.25, -0.2) is 0 Å². The second kappa shape index (κ2) is 7.71. The summed E-state index contributed by atoms with van der Waals surface area (Å²) in [5.74, 6) is 0.539. The van der Waals surface area contributed by atoms with E-state index < -0.39 is 0 Å². The van der Waals surface area contributed by atoms with Crippen LogP contribution in [0.25, 0.3) is 0 Å². The molecule has 4 nitrogen and oxygen atoms in total. The average molecular weight is 250 g/mol. The smallest absolute Gasteiger partial charge is 0.255 e. The van der Waals surface area contributed by atoms with Gasteiger partial charge in [-0.1, -0.05) is 18.6 Å². The van der Waals surface area contributed by atoms with Crippen molar-refractivity contribution in [2.75, 3.05) is 26.7 Å². The van der Waals surface area contributed by atoms with Crippen molar-refractivity contribution in [1.29, 1.82) is 0 Å². The van der Waals surface area contributed by atoms with Crippen LogP contribution in [0.2, 0.25) is 0 Å². The van der Waals surface area contributed by atoms with Crippen LogP contribution in [0.1, 0.15) is 29.3 Å². The van der Waals surface area contributed by atoms with E-state index >= 15 is 0 Å². The Bertz CT molecular complexity index is 391. The van der Waals surface area contributed by atoms with Crippen LogP contribution in [0, 0.1) is 6.92 Å². The molecule has 0 unspecified atom stereocenters. The van der Waals surface area contributed by atoms with Crippen LogP contribution in [0.5, 0.6) is 5.75 Å². The topological polar surface area (TPSA) is 50.4 Å². The lowest BCUT2D eigenvalue weighted by Gasteiger charge is -2.10. The van der Waals surface area contributed by atoms with Crippen LogP contribution < -0.4 is 15.4 Å². The average Bonchev–Trinajstić information content (AvgIpc) is 2.38. The molecular weight excluding hydrogens is 228 g/mol. The summed E-state index contributed by atoms with van der Waals surface area (Å²) < 4.78 is 5.19. The molecule has 0 fully saturated rings. The molecule has 0 bridgehead atoms.